The molecule has 4 aromatic rings. The zero-order valence-electron chi connectivity index (χ0n) is 19.8. The van der Waals surface area contributed by atoms with Crippen LogP contribution < -0.4 is 0 Å². The largest absolute Gasteiger partial charge is 0.481 e. The Morgan fingerprint density at radius 3 is 2.00 bits per heavy atom. The maximum Gasteiger partial charge on any atom is 0.305 e. The lowest BCUT2D eigenvalue weighted by molar-refractivity contribution is -0.138. The van der Waals surface area contributed by atoms with E-state index in [1.165, 1.54) is 11.1 Å². The van der Waals surface area contributed by atoms with E-state index in [1.807, 2.05) is 42.5 Å². The minimum Gasteiger partial charge on any atom is -0.481 e. The van der Waals surface area contributed by atoms with Crippen molar-refractivity contribution in [2.45, 2.75) is 38.9 Å². The van der Waals surface area contributed by atoms with E-state index in [1.54, 1.807) is 0 Å². The van der Waals surface area contributed by atoms with E-state index >= 15 is 0 Å². The molecular weight excluding hydrogens is 418 g/mol. The number of carboxylic acids is 1. The fraction of sp³-hybridized carbons (Fsp3) is 0.194. The van der Waals surface area contributed by atoms with Crippen molar-refractivity contribution in [2.75, 3.05) is 0 Å². The molecule has 0 aliphatic heterocycles. The van der Waals surface area contributed by atoms with Gasteiger partial charge in [-0.15, -0.1) is 0 Å². The number of carboxylic acid groups (broad SMARTS) is 1. The average Bonchev–Trinajstić information content (AvgIpc) is 2.87. The number of carbonyl (C=O) groups is 1. The third-order valence-corrected chi connectivity index (χ3v) is 6.38. The van der Waals surface area contributed by atoms with Crippen LogP contribution in [0.15, 0.2) is 109 Å². The Bertz CT molecular complexity index is 1220. The van der Waals surface area contributed by atoms with Gasteiger partial charge in [-0.3, -0.25) is 9.69 Å². The van der Waals surface area contributed by atoms with Gasteiger partial charge in [-0.05, 0) is 47.7 Å². The van der Waals surface area contributed by atoms with Crippen LogP contribution >= 0.6 is 0 Å². The van der Waals surface area contributed by atoms with Gasteiger partial charge in [0.15, 0.2) is 0 Å². The molecule has 4 rings (SSSR count). The van der Waals surface area contributed by atoms with Crippen LogP contribution in [0.4, 0.5) is 0 Å². The Labute approximate surface area is 202 Å². The molecule has 0 aliphatic carbocycles. The van der Waals surface area contributed by atoms with Crippen LogP contribution in [-0.4, -0.2) is 16.0 Å². The van der Waals surface area contributed by atoms with E-state index in [0.717, 1.165) is 22.3 Å². The number of aryl methyl sites for hydroxylation is 1. The monoisotopic (exact) mass is 449 g/mol. The van der Waals surface area contributed by atoms with Crippen LogP contribution in [0.1, 0.15) is 47.7 Å². The van der Waals surface area contributed by atoms with Gasteiger partial charge in [0, 0.05) is 18.6 Å². The molecule has 172 valence electrons. The Morgan fingerprint density at radius 1 is 0.765 bits per heavy atom. The molecule has 1 unspecified atom stereocenters. The summed E-state index contributed by atoms with van der Waals surface area (Å²) < 4.78 is 0. The highest BCUT2D eigenvalue weighted by molar-refractivity contribution is 5.69. The van der Waals surface area contributed by atoms with Gasteiger partial charge in [0.2, 0.25) is 0 Å². The predicted molar refractivity (Wildman–Crippen MR) is 138 cm³/mol. The lowest BCUT2D eigenvalue weighted by Gasteiger charge is -2.37. The molecule has 3 nitrogen and oxygen atoms in total. The van der Waals surface area contributed by atoms with Crippen LogP contribution in [0.5, 0.6) is 0 Å². The first-order valence-corrected chi connectivity index (χ1v) is 11.7. The van der Waals surface area contributed by atoms with Gasteiger partial charge in [0.1, 0.15) is 0 Å². The Balaban J connectivity index is 1.78. The predicted octanol–water partition coefficient (Wildman–Crippen LogP) is 7.44. The molecule has 2 atom stereocenters. The number of benzene rings is 4. The summed E-state index contributed by atoms with van der Waals surface area (Å²) in [6.07, 6.45) is 0.0290. The van der Waals surface area contributed by atoms with E-state index in [0.29, 0.717) is 6.54 Å². The molecule has 0 aromatic heterocycles. The van der Waals surface area contributed by atoms with E-state index in [4.69, 9.17) is 0 Å². The molecule has 0 bridgehead atoms. The fourth-order valence-corrected chi connectivity index (χ4v) is 4.58. The molecule has 0 heterocycles. The average molecular weight is 450 g/mol. The molecule has 34 heavy (non-hydrogen) atoms. The zero-order valence-corrected chi connectivity index (χ0v) is 19.8. The maximum absolute atomic E-state index is 12.1. The zero-order chi connectivity index (χ0) is 23.9. The van der Waals surface area contributed by atoms with E-state index in [9.17, 15) is 9.90 Å². The minimum atomic E-state index is -0.802. The van der Waals surface area contributed by atoms with Gasteiger partial charge in [0.05, 0.1) is 6.42 Å². The summed E-state index contributed by atoms with van der Waals surface area (Å²) in [6, 6.07) is 37.1. The van der Waals surface area contributed by atoms with Crippen molar-refractivity contribution in [1.29, 1.82) is 0 Å². The topological polar surface area (TPSA) is 40.5 Å². The summed E-state index contributed by atoms with van der Waals surface area (Å²) in [5.74, 6) is -0.802. The van der Waals surface area contributed by atoms with Gasteiger partial charge in [-0.2, -0.15) is 0 Å². The number of hydrogen-bond donors (Lipinski definition) is 1. The molecule has 0 radical (unpaired) electrons. The summed E-state index contributed by atoms with van der Waals surface area (Å²) >= 11 is 0. The Kier molecular flexibility index (Phi) is 7.56. The molecule has 0 fully saturated rings. The maximum atomic E-state index is 12.1. The normalized spacial score (nSPS) is 12.9. The molecule has 0 saturated carbocycles. The third kappa shape index (κ3) is 5.81. The Morgan fingerprint density at radius 2 is 1.35 bits per heavy atom. The van der Waals surface area contributed by atoms with Gasteiger partial charge in [-0.25, -0.2) is 0 Å². The van der Waals surface area contributed by atoms with Crippen LogP contribution in [0.25, 0.3) is 11.1 Å². The van der Waals surface area contributed by atoms with Crippen molar-refractivity contribution in [3.05, 3.63) is 131 Å². The summed E-state index contributed by atoms with van der Waals surface area (Å²) in [6.45, 7) is 4.91. The van der Waals surface area contributed by atoms with E-state index < -0.39 is 5.97 Å². The number of hydrogen-bond acceptors (Lipinski definition) is 2. The van der Waals surface area contributed by atoms with Gasteiger partial charge >= 0.3 is 5.97 Å². The second kappa shape index (κ2) is 11.0. The summed E-state index contributed by atoms with van der Waals surface area (Å²) in [7, 11) is 0. The van der Waals surface area contributed by atoms with Crippen molar-refractivity contribution in [3.8, 4) is 11.1 Å². The smallest absolute Gasteiger partial charge is 0.305 e. The van der Waals surface area contributed by atoms with Gasteiger partial charge in [0.25, 0.3) is 0 Å². The van der Waals surface area contributed by atoms with Crippen LogP contribution in [0.3, 0.4) is 0 Å². The molecule has 4 aromatic carbocycles. The molecule has 0 spiro atoms. The van der Waals surface area contributed by atoms with Crippen molar-refractivity contribution < 1.29 is 9.90 Å². The van der Waals surface area contributed by atoms with Crippen LogP contribution in [0.2, 0.25) is 0 Å². The minimum absolute atomic E-state index is 0.0290. The van der Waals surface area contributed by atoms with Crippen molar-refractivity contribution >= 4 is 5.97 Å². The lowest BCUT2D eigenvalue weighted by Crippen LogP contribution is -2.32. The van der Waals surface area contributed by atoms with Crippen molar-refractivity contribution in [2.24, 2.45) is 0 Å². The van der Waals surface area contributed by atoms with Crippen molar-refractivity contribution in [1.82, 2.24) is 4.90 Å². The highest BCUT2D eigenvalue weighted by atomic mass is 16.4. The number of rotatable bonds is 9. The molecule has 3 heteroatoms. The third-order valence-electron chi connectivity index (χ3n) is 6.38. The first kappa shape index (κ1) is 23.5. The second-order valence-corrected chi connectivity index (χ2v) is 8.85. The molecule has 0 saturated heterocycles. The molecule has 0 amide bonds. The van der Waals surface area contributed by atoms with E-state index in [-0.39, 0.29) is 18.5 Å². The van der Waals surface area contributed by atoms with Crippen molar-refractivity contribution in [3.63, 3.8) is 0 Å². The summed E-state index contributed by atoms with van der Waals surface area (Å²) in [4.78, 5) is 14.4. The SMILES string of the molecule is Cc1cccc(-c2cccc(C(CC(=O)O)N(Cc3ccccc3)[C@H](C)c3ccccc3)c2)c1. The molecular formula is C31H31NO2. The van der Waals surface area contributed by atoms with Crippen LogP contribution in [-0.2, 0) is 11.3 Å². The van der Waals surface area contributed by atoms with Crippen LogP contribution in [0, 0.1) is 6.92 Å². The quantitative estimate of drug-likeness (QED) is 0.289. The van der Waals surface area contributed by atoms with Gasteiger partial charge < -0.3 is 5.11 Å². The van der Waals surface area contributed by atoms with Gasteiger partial charge in [-0.1, -0.05) is 109 Å². The summed E-state index contributed by atoms with van der Waals surface area (Å²) in [5.41, 5.74) is 6.79. The second-order valence-electron chi connectivity index (χ2n) is 8.85. The fourth-order valence-electron chi connectivity index (χ4n) is 4.58. The van der Waals surface area contributed by atoms with E-state index in [2.05, 4.69) is 85.5 Å². The Hall–Kier alpha value is -3.69. The first-order chi connectivity index (χ1) is 16.5. The molecule has 1 N–H and O–H groups in total. The molecule has 0 aliphatic rings. The number of aliphatic carboxylic acids is 1. The lowest BCUT2D eigenvalue weighted by atomic mass is 9.93. The summed E-state index contributed by atoms with van der Waals surface area (Å²) in [5, 5.41) is 9.91. The first-order valence-electron chi connectivity index (χ1n) is 11.7. The standard InChI is InChI=1S/C31H31NO2/c1-23-11-9-16-27(19-23)28-17-10-18-29(20-28)30(21-31(33)34)32(22-25-12-5-3-6-13-25)24(2)26-14-7-4-8-15-26/h3-20,24,30H,21-22H2,1-2H3,(H,33,34)/t24-,30?/m1/s1. The highest BCUT2D eigenvalue weighted by Crippen LogP contribution is 2.36. The highest BCUT2D eigenvalue weighted by Gasteiger charge is 2.28. The number of nitrogens with zero attached hydrogens (tertiary/aromatic N) is 1.